The first-order valence-electron chi connectivity index (χ1n) is 6.10. The Balaban J connectivity index is 2.02. The monoisotopic (exact) mass is 274 g/mol. The molecule has 0 spiro atoms. The van der Waals surface area contributed by atoms with Crippen LogP contribution in [-0.2, 0) is 11.2 Å². The maximum absolute atomic E-state index is 11.9. The van der Waals surface area contributed by atoms with Crippen LogP contribution in [0.15, 0.2) is 24.3 Å². The first-order chi connectivity index (χ1) is 9.61. The lowest BCUT2D eigenvalue weighted by Crippen LogP contribution is -2.47. The number of carbonyl (C=O) groups is 2. The minimum absolute atomic E-state index is 0.0429. The van der Waals surface area contributed by atoms with E-state index in [1.807, 2.05) is 0 Å². The average molecular weight is 274 g/mol. The molecule has 1 aliphatic rings. The van der Waals surface area contributed by atoms with Gasteiger partial charge in [0.05, 0.1) is 24.0 Å². The largest absolute Gasteiger partial charge is 0.478 e. The Kier molecular flexibility index (Phi) is 4.30. The molecule has 7 nitrogen and oxygen atoms in total. The number of hydrogen-bond donors (Lipinski definition) is 4. The van der Waals surface area contributed by atoms with Crippen molar-refractivity contribution in [2.75, 3.05) is 6.54 Å². The van der Waals surface area contributed by atoms with E-state index in [-0.39, 0.29) is 23.8 Å². The summed E-state index contributed by atoms with van der Waals surface area (Å²) in [5.74, 6) is -1.75. The van der Waals surface area contributed by atoms with Crippen molar-refractivity contribution >= 4 is 11.9 Å². The molecular formula is C13H14N4O3. The lowest BCUT2D eigenvalue weighted by atomic mass is 10.0. The summed E-state index contributed by atoms with van der Waals surface area (Å²) >= 11 is 0. The maximum atomic E-state index is 11.9. The summed E-state index contributed by atoms with van der Waals surface area (Å²) < 4.78 is 0. The zero-order chi connectivity index (χ0) is 14.5. The van der Waals surface area contributed by atoms with E-state index in [1.54, 1.807) is 18.2 Å². The molecule has 1 aromatic rings. The fourth-order valence-corrected chi connectivity index (χ4v) is 2.03. The number of amides is 1. The van der Waals surface area contributed by atoms with Crippen LogP contribution in [-0.4, -0.2) is 29.7 Å². The molecule has 2 unspecified atom stereocenters. The Morgan fingerprint density at radius 2 is 2.20 bits per heavy atom. The van der Waals surface area contributed by atoms with Crippen LogP contribution in [0.3, 0.4) is 0 Å². The molecule has 4 N–H and O–H groups in total. The molecule has 0 aliphatic carbocycles. The number of nitrogens with one attached hydrogen (secondary N) is 3. The van der Waals surface area contributed by atoms with Gasteiger partial charge in [-0.1, -0.05) is 18.2 Å². The topological polar surface area (TPSA) is 114 Å². The summed E-state index contributed by atoms with van der Waals surface area (Å²) in [7, 11) is 0. The molecule has 0 aromatic heterocycles. The third-order valence-corrected chi connectivity index (χ3v) is 3.06. The Morgan fingerprint density at radius 3 is 2.90 bits per heavy atom. The highest BCUT2D eigenvalue weighted by Crippen LogP contribution is 2.10. The minimum atomic E-state index is -1.07. The first-order valence-corrected chi connectivity index (χ1v) is 6.10. The van der Waals surface area contributed by atoms with E-state index in [0.717, 1.165) is 0 Å². The van der Waals surface area contributed by atoms with E-state index in [9.17, 15) is 9.59 Å². The lowest BCUT2D eigenvalue weighted by molar-refractivity contribution is -0.121. The number of hydrogen-bond acceptors (Lipinski definition) is 5. The zero-order valence-corrected chi connectivity index (χ0v) is 10.6. The molecule has 1 aliphatic heterocycles. The summed E-state index contributed by atoms with van der Waals surface area (Å²) in [4.78, 5) is 23.0. The van der Waals surface area contributed by atoms with Crippen LogP contribution in [0.4, 0.5) is 0 Å². The van der Waals surface area contributed by atoms with Crippen LogP contribution in [0.1, 0.15) is 15.9 Å². The Labute approximate surface area is 115 Å². The molecule has 1 amide bonds. The van der Waals surface area contributed by atoms with Crippen molar-refractivity contribution < 1.29 is 14.7 Å². The van der Waals surface area contributed by atoms with Crippen LogP contribution >= 0.6 is 0 Å². The molecule has 1 aromatic carbocycles. The van der Waals surface area contributed by atoms with Crippen molar-refractivity contribution in [2.24, 2.45) is 5.92 Å². The number of carboxylic acid groups (broad SMARTS) is 1. The van der Waals surface area contributed by atoms with Crippen LogP contribution in [0, 0.1) is 17.2 Å². The highest BCUT2D eigenvalue weighted by atomic mass is 16.4. The predicted molar refractivity (Wildman–Crippen MR) is 69.3 cm³/mol. The van der Waals surface area contributed by atoms with E-state index < -0.39 is 12.1 Å². The van der Waals surface area contributed by atoms with Gasteiger partial charge >= 0.3 is 5.97 Å². The lowest BCUT2D eigenvalue weighted by Gasteiger charge is -2.15. The van der Waals surface area contributed by atoms with Crippen LogP contribution in [0.2, 0.25) is 0 Å². The van der Waals surface area contributed by atoms with E-state index in [1.165, 1.54) is 6.07 Å². The van der Waals surface area contributed by atoms with Gasteiger partial charge in [-0.05, 0) is 11.6 Å². The van der Waals surface area contributed by atoms with Crippen molar-refractivity contribution in [3.05, 3.63) is 35.4 Å². The fourth-order valence-electron chi connectivity index (χ4n) is 2.03. The van der Waals surface area contributed by atoms with Gasteiger partial charge in [-0.2, -0.15) is 5.26 Å². The van der Waals surface area contributed by atoms with Crippen LogP contribution < -0.4 is 16.2 Å². The van der Waals surface area contributed by atoms with Crippen LogP contribution in [0.25, 0.3) is 0 Å². The van der Waals surface area contributed by atoms with Gasteiger partial charge in [0.25, 0.3) is 0 Å². The molecule has 0 radical (unpaired) electrons. The summed E-state index contributed by atoms with van der Waals surface area (Å²) in [5.41, 5.74) is 6.13. The number of carbonyl (C=O) groups excluding carboxylic acids is 1. The molecular weight excluding hydrogens is 260 g/mol. The van der Waals surface area contributed by atoms with E-state index in [2.05, 4.69) is 22.2 Å². The third kappa shape index (κ3) is 3.12. The number of nitriles is 1. The molecule has 20 heavy (non-hydrogen) atoms. The predicted octanol–water partition coefficient (Wildman–Crippen LogP) is -0.383. The molecule has 1 saturated heterocycles. The number of aromatic carboxylic acids is 1. The number of carboxylic acids is 1. The average Bonchev–Trinajstić information content (AvgIpc) is 2.86. The van der Waals surface area contributed by atoms with Crippen molar-refractivity contribution in [1.82, 2.24) is 16.2 Å². The third-order valence-electron chi connectivity index (χ3n) is 3.06. The van der Waals surface area contributed by atoms with Gasteiger partial charge in [0, 0.05) is 6.54 Å². The van der Waals surface area contributed by atoms with Crippen molar-refractivity contribution in [1.29, 1.82) is 5.26 Å². The normalized spacial score (nSPS) is 21.1. The molecule has 104 valence electrons. The summed E-state index contributed by atoms with van der Waals surface area (Å²) in [6, 6.07) is 8.43. The summed E-state index contributed by atoms with van der Waals surface area (Å²) in [5, 5.41) is 20.6. The highest BCUT2D eigenvalue weighted by molar-refractivity contribution is 5.91. The Morgan fingerprint density at radius 1 is 1.45 bits per heavy atom. The number of benzene rings is 1. The number of nitrogens with zero attached hydrogens (tertiary/aromatic N) is 1. The van der Waals surface area contributed by atoms with E-state index in [4.69, 9.17) is 10.4 Å². The van der Waals surface area contributed by atoms with Gasteiger partial charge in [0.15, 0.2) is 0 Å². The second-order valence-electron chi connectivity index (χ2n) is 4.45. The van der Waals surface area contributed by atoms with Crippen molar-refractivity contribution in [3.8, 4) is 6.07 Å². The number of rotatable bonds is 4. The van der Waals surface area contributed by atoms with Gasteiger partial charge in [-0.25, -0.2) is 10.2 Å². The molecule has 1 fully saturated rings. The first kappa shape index (κ1) is 14.0. The molecule has 2 atom stereocenters. The Hall–Kier alpha value is -2.43. The summed E-state index contributed by atoms with van der Waals surface area (Å²) in [6.07, 6.45) is -0.511. The molecule has 1 heterocycles. The second kappa shape index (κ2) is 6.14. The minimum Gasteiger partial charge on any atom is -0.478 e. The molecule has 0 saturated carbocycles. The highest BCUT2D eigenvalue weighted by Gasteiger charge is 2.28. The SMILES string of the molecule is N#CC1CNNC1NC(=O)Cc1ccccc1C(=O)O. The molecule has 7 heteroatoms. The Bertz CT molecular complexity index is 567. The van der Waals surface area contributed by atoms with Gasteiger partial charge in [0.1, 0.15) is 6.17 Å². The maximum Gasteiger partial charge on any atom is 0.335 e. The fraction of sp³-hybridized carbons (Fsp3) is 0.308. The standard InChI is InChI=1S/C13H14N4O3/c14-6-9-7-15-17-12(9)16-11(18)5-8-3-1-2-4-10(8)13(19)20/h1-4,9,12,15,17H,5,7H2,(H,16,18)(H,19,20). The van der Waals surface area contributed by atoms with Crippen LogP contribution in [0.5, 0.6) is 0 Å². The second-order valence-corrected chi connectivity index (χ2v) is 4.45. The number of hydrazine groups is 1. The van der Waals surface area contributed by atoms with Crippen molar-refractivity contribution in [3.63, 3.8) is 0 Å². The molecule has 0 bridgehead atoms. The van der Waals surface area contributed by atoms with Crippen molar-refractivity contribution in [2.45, 2.75) is 12.6 Å². The zero-order valence-electron chi connectivity index (χ0n) is 10.6. The van der Waals surface area contributed by atoms with E-state index >= 15 is 0 Å². The quantitative estimate of drug-likeness (QED) is 0.595. The molecule has 2 rings (SSSR count). The van der Waals surface area contributed by atoms with Gasteiger partial charge in [-0.3, -0.25) is 10.2 Å². The van der Waals surface area contributed by atoms with Gasteiger partial charge in [0.2, 0.25) is 5.91 Å². The smallest absolute Gasteiger partial charge is 0.335 e. The van der Waals surface area contributed by atoms with E-state index in [0.29, 0.717) is 12.1 Å². The summed E-state index contributed by atoms with van der Waals surface area (Å²) in [6.45, 7) is 0.452. The van der Waals surface area contributed by atoms with Gasteiger partial charge < -0.3 is 10.4 Å². The van der Waals surface area contributed by atoms with Gasteiger partial charge in [-0.15, -0.1) is 0 Å².